The molecule has 0 amide bonds. The van der Waals surface area contributed by atoms with E-state index in [4.69, 9.17) is 14.5 Å². The summed E-state index contributed by atoms with van der Waals surface area (Å²) in [5.41, 5.74) is -0.738. The second-order valence-electron chi connectivity index (χ2n) is 5.41. The molecule has 20 heavy (non-hydrogen) atoms. The average Bonchev–Trinajstić information content (AvgIpc) is 2.35. The Balaban J connectivity index is 4.89. The number of hydrogen-bond acceptors (Lipinski definition) is 3. The summed E-state index contributed by atoms with van der Waals surface area (Å²) in [6.45, 7) is 6.36. The molecule has 120 valence electrons. The van der Waals surface area contributed by atoms with Crippen molar-refractivity contribution in [1.82, 2.24) is 0 Å². The molecule has 0 fully saturated rings. The van der Waals surface area contributed by atoms with Crippen molar-refractivity contribution < 1.29 is 23.9 Å². The fourth-order valence-corrected chi connectivity index (χ4v) is 3.18. The van der Waals surface area contributed by atoms with Crippen LogP contribution >= 0.6 is 7.60 Å². The lowest BCUT2D eigenvalue weighted by Gasteiger charge is -2.31. The van der Waals surface area contributed by atoms with E-state index in [2.05, 4.69) is 0 Å². The monoisotopic (exact) mass is 308 g/mol. The van der Waals surface area contributed by atoms with Crippen molar-refractivity contribution in [2.75, 3.05) is 12.8 Å². The lowest BCUT2D eigenvalue weighted by molar-refractivity contribution is -0.157. The molecule has 0 saturated heterocycles. The summed E-state index contributed by atoms with van der Waals surface area (Å²) < 4.78 is 16.4. The smallest absolute Gasteiger partial charge is 0.325 e. The van der Waals surface area contributed by atoms with Crippen LogP contribution in [-0.4, -0.2) is 28.5 Å². The van der Waals surface area contributed by atoms with Crippen molar-refractivity contribution in [1.29, 1.82) is 0 Å². The minimum atomic E-state index is -4.09. The van der Waals surface area contributed by atoms with Crippen molar-refractivity contribution in [2.24, 2.45) is 5.41 Å². The minimum absolute atomic E-state index is 0.198. The third kappa shape index (κ3) is 7.41. The number of unbranched alkanes of at least 4 members (excludes halogenated alkanes) is 1. The van der Waals surface area contributed by atoms with Gasteiger partial charge >= 0.3 is 13.6 Å². The minimum Gasteiger partial charge on any atom is -0.465 e. The maximum Gasteiger partial charge on any atom is 0.325 e. The van der Waals surface area contributed by atoms with E-state index >= 15 is 0 Å². The van der Waals surface area contributed by atoms with Crippen molar-refractivity contribution in [3.63, 3.8) is 0 Å². The SMILES string of the molecule is CCCCOC(=O)C(CCC)(CCC)CCP(=O)(O)O. The van der Waals surface area contributed by atoms with Gasteiger partial charge in [-0.05, 0) is 25.7 Å². The van der Waals surface area contributed by atoms with E-state index in [1.54, 1.807) is 0 Å². The highest BCUT2D eigenvalue weighted by atomic mass is 31.2. The molecule has 0 aliphatic carbocycles. The largest absolute Gasteiger partial charge is 0.465 e. The van der Waals surface area contributed by atoms with Crippen molar-refractivity contribution in [3.05, 3.63) is 0 Å². The van der Waals surface area contributed by atoms with E-state index < -0.39 is 13.0 Å². The summed E-state index contributed by atoms with van der Waals surface area (Å²) in [6, 6.07) is 0. The first-order chi connectivity index (χ1) is 9.31. The number of esters is 1. The van der Waals surface area contributed by atoms with E-state index in [0.29, 0.717) is 19.4 Å². The van der Waals surface area contributed by atoms with E-state index in [9.17, 15) is 9.36 Å². The summed E-state index contributed by atoms with van der Waals surface area (Å²) >= 11 is 0. The Kier molecular flexibility index (Phi) is 9.36. The van der Waals surface area contributed by atoms with Crippen LogP contribution in [-0.2, 0) is 14.1 Å². The first-order valence-electron chi connectivity index (χ1n) is 7.53. The van der Waals surface area contributed by atoms with Gasteiger partial charge in [0.25, 0.3) is 0 Å². The first-order valence-corrected chi connectivity index (χ1v) is 9.33. The predicted octanol–water partition coefficient (Wildman–Crippen LogP) is 3.48. The second kappa shape index (κ2) is 9.54. The molecule has 6 heteroatoms. The molecular weight excluding hydrogens is 279 g/mol. The molecule has 0 saturated carbocycles. The quantitative estimate of drug-likeness (QED) is 0.347. The third-order valence-corrected chi connectivity index (χ3v) is 4.31. The highest BCUT2D eigenvalue weighted by Gasteiger charge is 2.39. The zero-order chi connectivity index (χ0) is 15.6. The van der Waals surface area contributed by atoms with Gasteiger partial charge in [-0.2, -0.15) is 0 Å². The van der Waals surface area contributed by atoms with Crippen LogP contribution in [0.15, 0.2) is 0 Å². The van der Waals surface area contributed by atoms with Gasteiger partial charge in [0.1, 0.15) is 0 Å². The maximum absolute atomic E-state index is 12.4. The summed E-state index contributed by atoms with van der Waals surface area (Å²) in [7, 11) is -4.09. The molecule has 0 aliphatic heterocycles. The number of hydrogen-bond donors (Lipinski definition) is 2. The summed E-state index contributed by atoms with van der Waals surface area (Å²) in [6.07, 6.45) is 4.54. The highest BCUT2D eigenvalue weighted by molar-refractivity contribution is 7.51. The Bertz CT molecular complexity index is 318. The second-order valence-corrected chi connectivity index (χ2v) is 7.18. The molecule has 0 aliphatic rings. The predicted molar refractivity (Wildman–Crippen MR) is 79.6 cm³/mol. The van der Waals surface area contributed by atoms with Gasteiger partial charge in [-0.1, -0.05) is 40.0 Å². The van der Waals surface area contributed by atoms with Crippen molar-refractivity contribution in [3.8, 4) is 0 Å². The highest BCUT2D eigenvalue weighted by Crippen LogP contribution is 2.43. The van der Waals surface area contributed by atoms with E-state index in [-0.39, 0.29) is 18.6 Å². The molecule has 0 aromatic carbocycles. The van der Waals surface area contributed by atoms with Crippen molar-refractivity contribution in [2.45, 2.75) is 65.7 Å². The lowest BCUT2D eigenvalue weighted by Crippen LogP contribution is -2.34. The molecule has 2 N–H and O–H groups in total. The van der Waals surface area contributed by atoms with Crippen LogP contribution in [0.4, 0.5) is 0 Å². The van der Waals surface area contributed by atoms with Gasteiger partial charge in [-0.25, -0.2) is 0 Å². The van der Waals surface area contributed by atoms with Crippen molar-refractivity contribution >= 4 is 13.6 Å². The van der Waals surface area contributed by atoms with Crippen LogP contribution in [0.3, 0.4) is 0 Å². The Hall–Kier alpha value is -0.380. The topological polar surface area (TPSA) is 83.8 Å². The maximum atomic E-state index is 12.4. The molecule has 0 heterocycles. The Labute approximate surface area is 122 Å². The van der Waals surface area contributed by atoms with Crippen LogP contribution < -0.4 is 0 Å². The normalized spacial score (nSPS) is 12.4. The number of carbonyl (C=O) groups is 1. The van der Waals surface area contributed by atoms with Gasteiger partial charge in [0.05, 0.1) is 18.2 Å². The molecule has 0 aromatic heterocycles. The molecule has 0 aromatic rings. The average molecular weight is 308 g/mol. The van der Waals surface area contributed by atoms with Gasteiger partial charge < -0.3 is 14.5 Å². The number of rotatable bonds is 11. The summed E-state index contributed by atoms with van der Waals surface area (Å²) in [4.78, 5) is 30.5. The molecule has 0 bridgehead atoms. The van der Waals surface area contributed by atoms with Gasteiger partial charge in [-0.3, -0.25) is 9.36 Å². The molecule has 5 nitrogen and oxygen atoms in total. The molecule has 0 spiro atoms. The van der Waals surface area contributed by atoms with Gasteiger partial charge in [0, 0.05) is 0 Å². The van der Waals surface area contributed by atoms with Gasteiger partial charge in [-0.15, -0.1) is 0 Å². The van der Waals surface area contributed by atoms with Gasteiger partial charge in [0.15, 0.2) is 0 Å². The Morgan fingerprint density at radius 2 is 1.60 bits per heavy atom. The van der Waals surface area contributed by atoms with Crippen LogP contribution in [0.5, 0.6) is 0 Å². The van der Waals surface area contributed by atoms with E-state index in [1.807, 2.05) is 20.8 Å². The third-order valence-electron chi connectivity index (χ3n) is 3.50. The van der Waals surface area contributed by atoms with E-state index in [1.165, 1.54) is 0 Å². The van der Waals surface area contributed by atoms with E-state index in [0.717, 1.165) is 25.7 Å². The van der Waals surface area contributed by atoms with Gasteiger partial charge in [0.2, 0.25) is 0 Å². The zero-order valence-electron chi connectivity index (χ0n) is 12.9. The number of ether oxygens (including phenoxy) is 1. The fourth-order valence-electron chi connectivity index (χ4n) is 2.46. The van der Waals surface area contributed by atoms with Crippen LogP contribution in [0.1, 0.15) is 65.7 Å². The zero-order valence-corrected chi connectivity index (χ0v) is 13.8. The van der Waals surface area contributed by atoms with Crippen LogP contribution in [0.25, 0.3) is 0 Å². The lowest BCUT2D eigenvalue weighted by atomic mass is 9.77. The molecule has 0 rings (SSSR count). The summed E-state index contributed by atoms with van der Waals surface area (Å²) in [5.74, 6) is -0.289. The summed E-state index contributed by atoms with van der Waals surface area (Å²) in [5, 5.41) is 0. The number of carbonyl (C=O) groups excluding carboxylic acids is 1. The Morgan fingerprint density at radius 3 is 2.00 bits per heavy atom. The first kappa shape index (κ1) is 19.6. The molecular formula is C14H29O5P. The van der Waals surface area contributed by atoms with Crippen LogP contribution in [0.2, 0.25) is 0 Å². The molecule has 0 unspecified atom stereocenters. The van der Waals surface area contributed by atoms with Crippen LogP contribution in [0, 0.1) is 5.41 Å². The fraction of sp³-hybridized carbons (Fsp3) is 0.929. The standard InChI is InChI=1S/C14H29O5P/c1-4-7-11-19-13(15)14(8-5-2,9-6-3)10-12-20(16,17)18/h4-12H2,1-3H3,(H2,16,17,18). The molecule has 0 atom stereocenters. The molecule has 0 radical (unpaired) electrons. The Morgan fingerprint density at radius 1 is 1.05 bits per heavy atom.